The number of carbonyl (C=O) groups is 3. The van der Waals surface area contributed by atoms with Crippen LogP contribution in [0.15, 0.2) is 84.0 Å². The van der Waals surface area contributed by atoms with Crippen molar-refractivity contribution in [2.75, 3.05) is 44.3 Å². The molecular formula is C32H36N6O7S. The molecule has 2 amide bonds. The van der Waals surface area contributed by atoms with Gasteiger partial charge in [0.05, 0.1) is 11.8 Å². The molecule has 0 aromatic heterocycles. The molecule has 0 saturated carbocycles. The van der Waals surface area contributed by atoms with E-state index in [1.165, 1.54) is 15.5 Å². The van der Waals surface area contributed by atoms with Crippen molar-refractivity contribution in [1.82, 2.24) is 14.1 Å². The van der Waals surface area contributed by atoms with Crippen LogP contribution >= 0.6 is 0 Å². The molecule has 13 nitrogen and oxygen atoms in total. The molecule has 2 fully saturated rings. The average molecular weight is 649 g/mol. The zero-order valence-electron chi connectivity index (χ0n) is 25.3. The smallest absolute Gasteiger partial charge is 0.338 e. The largest absolute Gasteiger partial charge is 0.457 e. The number of benzene rings is 3. The Bertz CT molecular complexity index is 1690. The highest BCUT2D eigenvalue weighted by molar-refractivity contribution is 7.88. The molecule has 2 aliphatic rings. The van der Waals surface area contributed by atoms with Crippen molar-refractivity contribution < 1.29 is 32.7 Å². The van der Waals surface area contributed by atoms with Crippen LogP contribution in [0.25, 0.3) is 0 Å². The Morgan fingerprint density at radius 2 is 1.52 bits per heavy atom. The van der Waals surface area contributed by atoms with Crippen LogP contribution in [0.4, 0.5) is 5.69 Å². The summed E-state index contributed by atoms with van der Waals surface area (Å²) < 4.78 is 30.8. The van der Waals surface area contributed by atoms with Gasteiger partial charge in [-0.15, -0.1) is 0 Å². The molecule has 46 heavy (non-hydrogen) atoms. The van der Waals surface area contributed by atoms with E-state index in [0.29, 0.717) is 55.0 Å². The number of piperazine rings is 1. The zero-order chi connectivity index (χ0) is 32.8. The second-order valence-corrected chi connectivity index (χ2v) is 13.2. The van der Waals surface area contributed by atoms with Gasteiger partial charge < -0.3 is 25.9 Å². The number of esters is 1. The molecule has 2 aliphatic heterocycles. The topological polar surface area (TPSA) is 175 Å². The first kappa shape index (κ1) is 32.6. The summed E-state index contributed by atoms with van der Waals surface area (Å²) in [6, 6.07) is 20.9. The molecule has 2 saturated heterocycles. The summed E-state index contributed by atoms with van der Waals surface area (Å²) in [5.41, 5.74) is 8.06. The molecule has 2 heterocycles. The van der Waals surface area contributed by atoms with Crippen molar-refractivity contribution in [3.63, 3.8) is 0 Å². The van der Waals surface area contributed by atoms with Crippen molar-refractivity contribution in [2.24, 2.45) is 10.9 Å². The maximum atomic E-state index is 13.7. The zero-order valence-corrected chi connectivity index (χ0v) is 26.1. The van der Waals surface area contributed by atoms with Gasteiger partial charge in [0.1, 0.15) is 12.6 Å². The van der Waals surface area contributed by atoms with E-state index in [-0.39, 0.29) is 30.9 Å². The predicted molar refractivity (Wildman–Crippen MR) is 171 cm³/mol. The van der Waals surface area contributed by atoms with E-state index >= 15 is 0 Å². The molecule has 3 aromatic rings. The summed E-state index contributed by atoms with van der Waals surface area (Å²) in [6.07, 6.45) is 1.53. The Hall–Kier alpha value is -4.79. The number of nitrogens with zero attached hydrogens (tertiary/aromatic N) is 4. The number of likely N-dealkylation sites (tertiary alicyclic amines) is 1. The normalized spacial score (nSPS) is 19.5. The van der Waals surface area contributed by atoms with E-state index in [0.717, 1.165) is 5.56 Å². The van der Waals surface area contributed by atoms with E-state index < -0.39 is 27.9 Å². The lowest BCUT2D eigenvalue weighted by molar-refractivity contribution is -0.119. The molecule has 14 heteroatoms. The molecular weight excluding hydrogens is 612 g/mol. The molecule has 0 bridgehead atoms. The average Bonchev–Trinajstić information content (AvgIpc) is 3.53. The summed E-state index contributed by atoms with van der Waals surface area (Å²) in [5.74, 6) is -1.34. The van der Waals surface area contributed by atoms with Gasteiger partial charge in [-0.3, -0.25) is 14.5 Å². The number of rotatable bonds is 9. The molecule has 0 spiro atoms. The van der Waals surface area contributed by atoms with Crippen LogP contribution in [0.3, 0.4) is 0 Å². The number of anilines is 1. The number of hydrogen-bond acceptors (Lipinski definition) is 9. The third kappa shape index (κ3) is 7.70. The first-order valence-corrected chi connectivity index (χ1v) is 16.6. The summed E-state index contributed by atoms with van der Waals surface area (Å²) in [4.78, 5) is 43.6. The van der Waals surface area contributed by atoms with E-state index in [1.54, 1.807) is 48.5 Å². The number of hydrogen-bond donors (Lipinski definition) is 3. The lowest BCUT2D eigenvalue weighted by Gasteiger charge is -2.36. The van der Waals surface area contributed by atoms with Crippen molar-refractivity contribution in [3.05, 3.63) is 101 Å². The van der Waals surface area contributed by atoms with Crippen LogP contribution in [0, 0.1) is 0 Å². The minimum atomic E-state index is -3.31. The second kappa shape index (κ2) is 14.1. The molecule has 242 valence electrons. The molecule has 5 rings (SSSR count). The maximum Gasteiger partial charge on any atom is 0.338 e. The summed E-state index contributed by atoms with van der Waals surface area (Å²) >= 11 is 0. The summed E-state index contributed by atoms with van der Waals surface area (Å²) in [7, 11) is -3.31. The fourth-order valence-electron chi connectivity index (χ4n) is 5.68. The van der Waals surface area contributed by atoms with E-state index in [1.807, 2.05) is 30.3 Å². The Balaban J connectivity index is 1.28. The van der Waals surface area contributed by atoms with Gasteiger partial charge in [0.25, 0.3) is 5.91 Å². The van der Waals surface area contributed by atoms with Gasteiger partial charge >= 0.3 is 5.97 Å². The highest BCUT2D eigenvalue weighted by Crippen LogP contribution is 2.27. The SMILES string of the molecule is CS(=O)(=O)N1CCN(C2CC(C(=O)Nc3ccc(C(=O)OCc4ccccc4)cc3)N(C(=O)c3ccc(C(N)=NO)cc3)C2)CC1. The molecule has 0 aliphatic carbocycles. The summed E-state index contributed by atoms with van der Waals surface area (Å²) in [6.45, 7) is 2.02. The number of ether oxygens (including phenoxy) is 1. The third-order valence-electron chi connectivity index (χ3n) is 8.24. The number of carbonyl (C=O) groups excluding carboxylic acids is 3. The van der Waals surface area contributed by atoms with Crippen LogP contribution < -0.4 is 11.1 Å². The minimum Gasteiger partial charge on any atom is -0.457 e. The number of amides is 2. The standard InChI is InChI=1S/C32H36N6O7S/c1-46(43,44)37-17-15-36(16-18-37)27-19-28(38(20-27)31(40)24-9-7-23(8-10-24)29(33)35-42)30(39)34-26-13-11-25(12-14-26)32(41)45-21-22-5-3-2-4-6-22/h2-14,27-28,42H,15-21H2,1H3,(H2,33,35)(H,34,39). The number of oxime groups is 1. The lowest BCUT2D eigenvalue weighted by Crippen LogP contribution is -2.52. The van der Waals surface area contributed by atoms with Crippen LogP contribution in [0.1, 0.15) is 38.3 Å². The summed E-state index contributed by atoms with van der Waals surface area (Å²) in [5, 5.41) is 14.8. The Kier molecular flexibility index (Phi) is 9.99. The van der Waals surface area contributed by atoms with Crippen LogP contribution in [0.5, 0.6) is 0 Å². The first-order chi connectivity index (χ1) is 22.0. The molecule has 2 atom stereocenters. The van der Waals surface area contributed by atoms with E-state index in [9.17, 15) is 22.8 Å². The molecule has 3 aromatic carbocycles. The number of nitrogens with one attached hydrogen (secondary N) is 1. The quantitative estimate of drug-likeness (QED) is 0.103. The van der Waals surface area contributed by atoms with E-state index in [4.69, 9.17) is 15.7 Å². The van der Waals surface area contributed by atoms with Crippen molar-refractivity contribution in [3.8, 4) is 0 Å². The van der Waals surface area contributed by atoms with Crippen LogP contribution in [0.2, 0.25) is 0 Å². The second-order valence-electron chi connectivity index (χ2n) is 11.3. The maximum absolute atomic E-state index is 13.7. The highest BCUT2D eigenvalue weighted by atomic mass is 32.2. The number of nitrogens with two attached hydrogens (primary N) is 1. The number of amidine groups is 1. The number of sulfonamides is 1. The van der Waals surface area contributed by atoms with Gasteiger partial charge in [-0.1, -0.05) is 47.6 Å². The van der Waals surface area contributed by atoms with Gasteiger partial charge in [-0.25, -0.2) is 13.2 Å². The van der Waals surface area contributed by atoms with Gasteiger partial charge in [0.2, 0.25) is 15.9 Å². The predicted octanol–water partition coefficient (Wildman–Crippen LogP) is 1.94. The lowest BCUT2D eigenvalue weighted by atomic mass is 10.1. The van der Waals surface area contributed by atoms with Gasteiger partial charge in [-0.2, -0.15) is 4.31 Å². The van der Waals surface area contributed by atoms with Crippen molar-refractivity contribution in [1.29, 1.82) is 0 Å². The third-order valence-corrected chi connectivity index (χ3v) is 9.54. The first-order valence-electron chi connectivity index (χ1n) is 14.7. The van der Waals surface area contributed by atoms with Gasteiger partial charge in [-0.05, 0) is 48.4 Å². The van der Waals surface area contributed by atoms with Gasteiger partial charge in [0, 0.05) is 55.6 Å². The monoisotopic (exact) mass is 648 g/mol. The highest BCUT2D eigenvalue weighted by Gasteiger charge is 2.43. The van der Waals surface area contributed by atoms with Crippen LogP contribution in [-0.2, 0) is 26.2 Å². The van der Waals surface area contributed by atoms with Crippen molar-refractivity contribution >= 4 is 39.3 Å². The Morgan fingerprint density at radius 1 is 0.913 bits per heavy atom. The fourth-order valence-corrected chi connectivity index (χ4v) is 6.51. The molecule has 4 N–H and O–H groups in total. The Morgan fingerprint density at radius 3 is 2.13 bits per heavy atom. The molecule has 0 radical (unpaired) electrons. The Labute approximate surface area is 267 Å². The molecule has 2 unspecified atom stereocenters. The minimum absolute atomic E-state index is 0.0961. The van der Waals surface area contributed by atoms with Crippen LogP contribution in [-0.4, -0.2) is 102 Å². The van der Waals surface area contributed by atoms with Crippen molar-refractivity contribution in [2.45, 2.75) is 25.1 Å². The van der Waals surface area contributed by atoms with Gasteiger partial charge in [0.15, 0.2) is 5.84 Å². The van der Waals surface area contributed by atoms with E-state index in [2.05, 4.69) is 15.4 Å². The fraction of sp³-hybridized carbons (Fsp3) is 0.312.